The molecule has 0 saturated carbocycles. The Morgan fingerprint density at radius 2 is 1.25 bits per heavy atom. The summed E-state index contributed by atoms with van der Waals surface area (Å²) in [6.45, 7) is 5.65. The van der Waals surface area contributed by atoms with E-state index in [-0.39, 0.29) is 34.7 Å². The first-order chi connectivity index (χ1) is 17.3. The van der Waals surface area contributed by atoms with Gasteiger partial charge in [-0.3, -0.25) is 0 Å². The molecule has 3 aromatic carbocycles. The van der Waals surface area contributed by atoms with Crippen LogP contribution in [0.4, 0.5) is 5.69 Å². The van der Waals surface area contributed by atoms with Crippen molar-refractivity contribution in [2.24, 2.45) is 0 Å². The van der Waals surface area contributed by atoms with Crippen molar-refractivity contribution in [3.8, 4) is 34.3 Å². The topological polar surface area (TPSA) is 103 Å². The van der Waals surface area contributed by atoms with Gasteiger partial charge in [-0.1, -0.05) is 42.5 Å². The molecule has 0 bridgehead atoms. The number of aliphatic hydroxyl groups excluding tert-OH is 1. The Labute approximate surface area is 210 Å². The monoisotopic (exact) mass is 480 g/mol. The molecule has 0 fully saturated rings. The van der Waals surface area contributed by atoms with Crippen LogP contribution in [-0.4, -0.2) is 37.3 Å². The number of phenolic OH excluding ortho intramolecular Hbond substituents is 2. The highest BCUT2D eigenvalue weighted by molar-refractivity contribution is 5.72. The van der Waals surface area contributed by atoms with Gasteiger partial charge in [0.1, 0.15) is 17.3 Å². The average molecular weight is 481 g/mol. The molecule has 0 unspecified atom stereocenters. The Morgan fingerprint density at radius 1 is 0.750 bits per heavy atom. The first-order valence-corrected chi connectivity index (χ1v) is 11.5. The summed E-state index contributed by atoms with van der Waals surface area (Å²) in [6.07, 6.45) is 1.66. The van der Waals surface area contributed by atoms with Crippen molar-refractivity contribution in [1.29, 1.82) is 0 Å². The number of hydrogen-bond donors (Lipinski definition) is 3. The number of para-hydroxylation sites is 3. The van der Waals surface area contributed by atoms with E-state index >= 15 is 0 Å². The minimum Gasteiger partial charge on any atom is -0.507 e. The van der Waals surface area contributed by atoms with Gasteiger partial charge in [-0.15, -0.1) is 0 Å². The van der Waals surface area contributed by atoms with E-state index in [9.17, 15) is 15.3 Å². The molecular formula is C29H28N4O3. The van der Waals surface area contributed by atoms with Crippen molar-refractivity contribution in [1.82, 2.24) is 15.0 Å². The van der Waals surface area contributed by atoms with E-state index in [1.807, 2.05) is 50.1 Å². The first kappa shape index (κ1) is 24.5. The lowest BCUT2D eigenvalue weighted by molar-refractivity contribution is 0.433. The van der Waals surface area contributed by atoms with Crippen LogP contribution in [0, 0.1) is 6.92 Å². The van der Waals surface area contributed by atoms with Crippen LogP contribution in [0.1, 0.15) is 25.2 Å². The second-order valence-corrected chi connectivity index (χ2v) is 8.48. The molecule has 4 rings (SSSR count). The van der Waals surface area contributed by atoms with Crippen molar-refractivity contribution in [2.75, 3.05) is 11.9 Å². The zero-order valence-electron chi connectivity index (χ0n) is 20.6. The predicted octanol–water partition coefficient (Wildman–Crippen LogP) is 6.25. The molecule has 0 aliphatic heterocycles. The van der Waals surface area contributed by atoms with Crippen LogP contribution < -0.4 is 4.90 Å². The molecule has 1 heterocycles. The molecule has 1 aromatic heterocycles. The molecule has 182 valence electrons. The standard InChI is InChI=1S/C29H28N4O3/c1-18-11-5-8-14-23(18)33(4)19(2)17-26(36)20(3)27-30-28(21-12-6-9-15-24(21)34)32-29(31-27)22-13-7-10-16-25(22)35/h5-17,34-36H,1-4H3/b19-17+,26-20-. The summed E-state index contributed by atoms with van der Waals surface area (Å²) in [5.41, 5.74) is 4.21. The minimum atomic E-state index is -0.00870. The SMILES string of the molecule is C/C(=C(O)\C=C(/C)N(C)c1ccccc1C)c1nc(-c2ccccc2O)nc(-c2ccccc2O)n1. The third kappa shape index (κ3) is 5.05. The fourth-order valence-corrected chi connectivity index (χ4v) is 3.76. The Balaban J connectivity index is 1.83. The van der Waals surface area contributed by atoms with Crippen LogP contribution in [0.15, 0.2) is 90.3 Å². The maximum absolute atomic E-state index is 11.0. The average Bonchev–Trinajstić information content (AvgIpc) is 2.88. The fraction of sp³-hybridized carbons (Fsp3) is 0.138. The van der Waals surface area contributed by atoms with E-state index in [0.717, 1.165) is 16.9 Å². The molecule has 0 amide bonds. The van der Waals surface area contributed by atoms with Crippen molar-refractivity contribution >= 4 is 11.3 Å². The fourth-order valence-electron chi connectivity index (χ4n) is 3.76. The molecule has 7 heteroatoms. The number of hydrogen-bond acceptors (Lipinski definition) is 7. The summed E-state index contributed by atoms with van der Waals surface area (Å²) in [7, 11) is 1.94. The molecule has 0 spiro atoms. The van der Waals surface area contributed by atoms with Gasteiger partial charge in [-0.2, -0.15) is 0 Å². The number of aromatic hydroxyl groups is 2. The van der Waals surface area contributed by atoms with Crippen LogP contribution in [0.5, 0.6) is 11.5 Å². The van der Waals surface area contributed by atoms with Crippen LogP contribution in [0.3, 0.4) is 0 Å². The van der Waals surface area contributed by atoms with Crippen LogP contribution in [-0.2, 0) is 0 Å². The smallest absolute Gasteiger partial charge is 0.167 e. The number of allylic oxidation sites excluding steroid dienone is 3. The molecule has 0 radical (unpaired) electrons. The summed E-state index contributed by atoms with van der Waals surface area (Å²) in [5.74, 6) is 0.688. The Kier molecular flexibility index (Phi) is 7.01. The van der Waals surface area contributed by atoms with Crippen LogP contribution >= 0.6 is 0 Å². The van der Waals surface area contributed by atoms with Gasteiger partial charge in [0.15, 0.2) is 17.5 Å². The third-order valence-electron chi connectivity index (χ3n) is 6.00. The van der Waals surface area contributed by atoms with Crippen molar-refractivity contribution in [3.05, 3.63) is 102 Å². The van der Waals surface area contributed by atoms with Gasteiger partial charge < -0.3 is 20.2 Å². The highest BCUT2D eigenvalue weighted by Gasteiger charge is 2.17. The second-order valence-electron chi connectivity index (χ2n) is 8.48. The Morgan fingerprint density at radius 3 is 1.78 bits per heavy atom. The van der Waals surface area contributed by atoms with E-state index in [1.54, 1.807) is 61.5 Å². The maximum Gasteiger partial charge on any atom is 0.167 e. The lowest BCUT2D eigenvalue weighted by atomic mass is 10.1. The quantitative estimate of drug-likeness (QED) is 0.221. The predicted molar refractivity (Wildman–Crippen MR) is 143 cm³/mol. The van der Waals surface area contributed by atoms with Gasteiger partial charge in [0.05, 0.1) is 11.1 Å². The van der Waals surface area contributed by atoms with E-state index < -0.39 is 0 Å². The third-order valence-corrected chi connectivity index (χ3v) is 6.00. The lowest BCUT2D eigenvalue weighted by Gasteiger charge is -2.22. The zero-order chi connectivity index (χ0) is 25.8. The van der Waals surface area contributed by atoms with E-state index in [1.165, 1.54) is 0 Å². The number of aryl methyl sites for hydroxylation is 1. The Bertz CT molecular complexity index is 1410. The van der Waals surface area contributed by atoms with E-state index in [4.69, 9.17) is 0 Å². The van der Waals surface area contributed by atoms with Crippen molar-refractivity contribution in [2.45, 2.75) is 20.8 Å². The molecule has 7 nitrogen and oxygen atoms in total. The number of aliphatic hydroxyl groups is 1. The molecule has 36 heavy (non-hydrogen) atoms. The van der Waals surface area contributed by atoms with Crippen LogP contribution in [0.25, 0.3) is 28.3 Å². The molecule has 0 aliphatic carbocycles. The molecular weight excluding hydrogens is 452 g/mol. The second kappa shape index (κ2) is 10.3. The van der Waals surface area contributed by atoms with Gasteiger partial charge >= 0.3 is 0 Å². The first-order valence-electron chi connectivity index (χ1n) is 11.5. The minimum absolute atomic E-state index is 0.00870. The maximum atomic E-state index is 11.0. The zero-order valence-corrected chi connectivity index (χ0v) is 20.6. The van der Waals surface area contributed by atoms with Crippen molar-refractivity contribution in [3.63, 3.8) is 0 Å². The number of anilines is 1. The number of benzene rings is 3. The molecule has 0 aliphatic rings. The van der Waals surface area contributed by atoms with E-state index in [0.29, 0.717) is 16.7 Å². The van der Waals surface area contributed by atoms with Crippen molar-refractivity contribution < 1.29 is 15.3 Å². The molecule has 0 saturated heterocycles. The highest BCUT2D eigenvalue weighted by atomic mass is 16.3. The van der Waals surface area contributed by atoms with Crippen LogP contribution in [0.2, 0.25) is 0 Å². The molecule has 3 N–H and O–H groups in total. The van der Waals surface area contributed by atoms with Gasteiger partial charge in [-0.05, 0) is 62.7 Å². The number of aromatic nitrogens is 3. The van der Waals surface area contributed by atoms with Gasteiger partial charge in [0.25, 0.3) is 0 Å². The summed E-state index contributed by atoms with van der Waals surface area (Å²) in [6, 6.07) is 21.5. The lowest BCUT2D eigenvalue weighted by Crippen LogP contribution is -2.15. The molecule has 0 atom stereocenters. The summed E-state index contributed by atoms with van der Waals surface area (Å²) >= 11 is 0. The highest BCUT2D eigenvalue weighted by Crippen LogP contribution is 2.32. The largest absolute Gasteiger partial charge is 0.507 e. The summed E-state index contributed by atoms with van der Waals surface area (Å²) in [4.78, 5) is 15.6. The number of phenols is 2. The normalized spacial score (nSPS) is 12.3. The Hall–Kier alpha value is -4.65. The summed E-state index contributed by atoms with van der Waals surface area (Å²) in [5, 5.41) is 31.8. The summed E-state index contributed by atoms with van der Waals surface area (Å²) < 4.78 is 0. The molecule has 4 aromatic rings. The van der Waals surface area contributed by atoms with Gasteiger partial charge in [0, 0.05) is 24.0 Å². The van der Waals surface area contributed by atoms with E-state index in [2.05, 4.69) is 15.0 Å². The van der Waals surface area contributed by atoms with Gasteiger partial charge in [-0.25, -0.2) is 15.0 Å². The van der Waals surface area contributed by atoms with Gasteiger partial charge in [0.2, 0.25) is 0 Å². The number of nitrogens with zero attached hydrogens (tertiary/aromatic N) is 4. The number of rotatable bonds is 6.